The number of aromatic nitrogens is 1. The van der Waals surface area contributed by atoms with Gasteiger partial charge in [-0.05, 0) is 48.6 Å². The molecule has 0 atom stereocenters. The molecule has 2 aliphatic rings. The Bertz CT molecular complexity index is 805. The lowest BCUT2D eigenvalue weighted by molar-refractivity contribution is -0.136. The number of hydrogen-bond donors (Lipinski definition) is 2. The molecule has 0 aromatic carbocycles. The third-order valence-corrected chi connectivity index (χ3v) is 6.37. The summed E-state index contributed by atoms with van der Waals surface area (Å²) >= 11 is 0. The summed E-state index contributed by atoms with van der Waals surface area (Å²) in [5, 5.41) is 5.65. The van der Waals surface area contributed by atoms with E-state index in [1.54, 1.807) is 6.20 Å². The molecule has 0 radical (unpaired) electrons. The number of anilines is 1. The zero-order valence-electron chi connectivity index (χ0n) is 18.6. The van der Waals surface area contributed by atoms with Gasteiger partial charge in [0.2, 0.25) is 5.91 Å². The summed E-state index contributed by atoms with van der Waals surface area (Å²) in [5.74, 6) is 0.719. The summed E-state index contributed by atoms with van der Waals surface area (Å²) in [6, 6.07) is 3.29. The highest BCUT2D eigenvalue weighted by atomic mass is 16.2. The standard InChI is InChI=1S/C22H33N5O3/c1-21(2,3)16-8-10-22(11-9-16)19(29)27(20(30)25-22)14-18(28)24-13-15-6-7-17(23-12-15)26(4)5/h6-7,12,16H,8-11,13-14H2,1-5H3,(H,24,28)(H,25,30). The molecule has 1 aromatic rings. The fourth-order valence-corrected chi connectivity index (χ4v) is 4.32. The Morgan fingerprint density at radius 2 is 1.93 bits per heavy atom. The first-order chi connectivity index (χ1) is 14.0. The van der Waals surface area contributed by atoms with Gasteiger partial charge in [-0.25, -0.2) is 9.78 Å². The normalized spacial score (nSPS) is 24.2. The minimum Gasteiger partial charge on any atom is -0.363 e. The lowest BCUT2D eigenvalue weighted by Gasteiger charge is -2.40. The minimum absolute atomic E-state index is 0.187. The summed E-state index contributed by atoms with van der Waals surface area (Å²) in [6.45, 7) is 6.67. The third-order valence-electron chi connectivity index (χ3n) is 6.37. The van der Waals surface area contributed by atoms with Gasteiger partial charge < -0.3 is 15.5 Å². The second kappa shape index (κ2) is 8.24. The molecular weight excluding hydrogens is 382 g/mol. The van der Waals surface area contributed by atoms with Gasteiger partial charge in [0.05, 0.1) is 0 Å². The molecule has 0 unspecified atom stereocenters. The predicted molar refractivity (Wildman–Crippen MR) is 115 cm³/mol. The van der Waals surface area contributed by atoms with E-state index in [4.69, 9.17) is 0 Å². The van der Waals surface area contributed by atoms with E-state index >= 15 is 0 Å². The molecule has 1 aliphatic heterocycles. The van der Waals surface area contributed by atoms with Crippen LogP contribution in [0.4, 0.5) is 10.6 Å². The topological polar surface area (TPSA) is 94.6 Å². The van der Waals surface area contributed by atoms with Gasteiger partial charge in [-0.3, -0.25) is 14.5 Å². The van der Waals surface area contributed by atoms with E-state index < -0.39 is 11.6 Å². The van der Waals surface area contributed by atoms with Gasteiger partial charge >= 0.3 is 6.03 Å². The van der Waals surface area contributed by atoms with Crippen molar-refractivity contribution < 1.29 is 14.4 Å². The number of nitrogens with one attached hydrogen (secondary N) is 2. The van der Waals surface area contributed by atoms with E-state index in [0.717, 1.165) is 29.1 Å². The number of imide groups is 1. The van der Waals surface area contributed by atoms with Crippen LogP contribution < -0.4 is 15.5 Å². The number of pyridine rings is 1. The first-order valence-electron chi connectivity index (χ1n) is 10.5. The minimum atomic E-state index is -0.842. The van der Waals surface area contributed by atoms with Crippen molar-refractivity contribution in [3.05, 3.63) is 23.9 Å². The quantitative estimate of drug-likeness (QED) is 0.720. The molecule has 1 aromatic heterocycles. The van der Waals surface area contributed by atoms with Crippen molar-refractivity contribution in [3.8, 4) is 0 Å². The van der Waals surface area contributed by atoms with Crippen molar-refractivity contribution in [1.29, 1.82) is 0 Å². The van der Waals surface area contributed by atoms with Crippen LogP contribution in [0.2, 0.25) is 0 Å². The van der Waals surface area contributed by atoms with E-state index in [-0.39, 0.29) is 23.8 Å². The van der Waals surface area contributed by atoms with Crippen LogP contribution >= 0.6 is 0 Å². The molecule has 0 bridgehead atoms. The Labute approximate surface area is 178 Å². The lowest BCUT2D eigenvalue weighted by atomic mass is 9.67. The number of carbonyl (C=O) groups is 3. The van der Waals surface area contributed by atoms with Gasteiger partial charge in [0.1, 0.15) is 17.9 Å². The van der Waals surface area contributed by atoms with Crippen LogP contribution in [0.5, 0.6) is 0 Å². The SMILES string of the molecule is CN(C)c1ccc(CNC(=O)CN2C(=O)NC3(CCC(C(C)(C)C)CC3)C2=O)cn1. The maximum absolute atomic E-state index is 13.0. The third kappa shape index (κ3) is 4.57. The van der Waals surface area contributed by atoms with E-state index in [1.165, 1.54) is 0 Å². The molecule has 2 heterocycles. The van der Waals surface area contributed by atoms with E-state index in [0.29, 0.717) is 25.3 Å². The molecule has 2 fully saturated rings. The van der Waals surface area contributed by atoms with Gasteiger partial charge in [-0.2, -0.15) is 0 Å². The summed E-state index contributed by atoms with van der Waals surface area (Å²) in [7, 11) is 3.81. The Hall–Kier alpha value is -2.64. The largest absolute Gasteiger partial charge is 0.363 e. The van der Waals surface area contributed by atoms with Crippen LogP contribution in [0.25, 0.3) is 0 Å². The zero-order chi connectivity index (χ0) is 22.1. The number of nitrogens with zero attached hydrogens (tertiary/aromatic N) is 3. The van der Waals surface area contributed by atoms with Crippen molar-refractivity contribution in [2.45, 2.75) is 58.5 Å². The molecule has 1 spiro atoms. The maximum atomic E-state index is 13.0. The Morgan fingerprint density at radius 3 is 2.47 bits per heavy atom. The van der Waals surface area contributed by atoms with E-state index in [2.05, 4.69) is 36.4 Å². The molecule has 1 saturated carbocycles. The molecule has 30 heavy (non-hydrogen) atoms. The molecule has 4 amide bonds. The fraction of sp³-hybridized carbons (Fsp3) is 0.636. The first-order valence-corrected chi connectivity index (χ1v) is 10.5. The lowest BCUT2D eigenvalue weighted by Crippen LogP contribution is -2.51. The number of hydrogen-bond acceptors (Lipinski definition) is 5. The van der Waals surface area contributed by atoms with E-state index in [9.17, 15) is 14.4 Å². The number of rotatable bonds is 5. The molecular formula is C22H33N5O3. The second-order valence-electron chi connectivity index (χ2n) is 9.74. The summed E-state index contributed by atoms with van der Waals surface area (Å²) in [6.07, 6.45) is 4.74. The molecule has 164 valence electrons. The highest BCUT2D eigenvalue weighted by Gasteiger charge is 2.53. The van der Waals surface area contributed by atoms with Crippen LogP contribution in [0.15, 0.2) is 18.3 Å². The van der Waals surface area contributed by atoms with Crippen molar-refractivity contribution in [2.75, 3.05) is 25.5 Å². The Morgan fingerprint density at radius 1 is 1.27 bits per heavy atom. The first kappa shape index (κ1) is 22.1. The van der Waals surface area contributed by atoms with Crippen LogP contribution in [0.3, 0.4) is 0 Å². The average molecular weight is 416 g/mol. The van der Waals surface area contributed by atoms with Crippen LogP contribution in [-0.2, 0) is 16.1 Å². The second-order valence-corrected chi connectivity index (χ2v) is 9.74. The Kier molecular flexibility index (Phi) is 6.06. The van der Waals surface area contributed by atoms with Crippen molar-refractivity contribution >= 4 is 23.7 Å². The molecule has 8 heteroatoms. The highest BCUT2D eigenvalue weighted by molar-refractivity contribution is 6.09. The summed E-state index contributed by atoms with van der Waals surface area (Å²) in [5.41, 5.74) is 0.195. The monoisotopic (exact) mass is 415 g/mol. The van der Waals surface area contributed by atoms with Crippen molar-refractivity contribution in [1.82, 2.24) is 20.5 Å². The molecule has 1 aliphatic carbocycles. The highest BCUT2D eigenvalue weighted by Crippen LogP contribution is 2.43. The molecule has 1 saturated heterocycles. The van der Waals surface area contributed by atoms with Crippen molar-refractivity contribution in [3.63, 3.8) is 0 Å². The van der Waals surface area contributed by atoms with Gasteiger partial charge in [-0.1, -0.05) is 26.8 Å². The predicted octanol–water partition coefficient (Wildman–Crippen LogP) is 2.29. The van der Waals surface area contributed by atoms with Crippen molar-refractivity contribution in [2.24, 2.45) is 11.3 Å². The summed E-state index contributed by atoms with van der Waals surface area (Å²) < 4.78 is 0. The zero-order valence-corrected chi connectivity index (χ0v) is 18.6. The maximum Gasteiger partial charge on any atom is 0.325 e. The molecule has 8 nitrogen and oxygen atoms in total. The van der Waals surface area contributed by atoms with Gasteiger partial charge in [0.15, 0.2) is 0 Å². The smallest absolute Gasteiger partial charge is 0.325 e. The molecule has 3 rings (SSSR count). The van der Waals surface area contributed by atoms with Gasteiger partial charge in [0, 0.05) is 26.8 Å². The number of urea groups is 1. The molecule has 2 N–H and O–H groups in total. The van der Waals surface area contributed by atoms with Crippen LogP contribution in [0, 0.1) is 11.3 Å². The van der Waals surface area contributed by atoms with Gasteiger partial charge in [0.25, 0.3) is 5.91 Å². The van der Waals surface area contributed by atoms with Crippen LogP contribution in [-0.4, -0.2) is 53.9 Å². The van der Waals surface area contributed by atoms with Gasteiger partial charge in [-0.15, -0.1) is 0 Å². The fourth-order valence-electron chi connectivity index (χ4n) is 4.32. The Balaban J connectivity index is 1.54. The van der Waals surface area contributed by atoms with Crippen LogP contribution in [0.1, 0.15) is 52.0 Å². The average Bonchev–Trinajstić information content (AvgIpc) is 2.90. The number of carbonyl (C=O) groups excluding carboxylic acids is 3. The summed E-state index contributed by atoms with van der Waals surface area (Å²) in [4.78, 5) is 45.1. The number of amides is 4. The van der Waals surface area contributed by atoms with E-state index in [1.807, 2.05) is 31.1 Å².